The molecule has 1 atom stereocenters. The van der Waals surface area contributed by atoms with Crippen LogP contribution in [0, 0.1) is 0 Å². The minimum atomic E-state index is -0.993. The summed E-state index contributed by atoms with van der Waals surface area (Å²) in [4.78, 5) is 28.9. The number of carbonyl (C=O) groups is 2. The lowest BCUT2D eigenvalue weighted by Gasteiger charge is -2.44. The van der Waals surface area contributed by atoms with Gasteiger partial charge in [0.15, 0.2) is 0 Å². The van der Waals surface area contributed by atoms with Crippen LogP contribution in [0.15, 0.2) is 60.0 Å². The van der Waals surface area contributed by atoms with Crippen LogP contribution < -0.4 is 16.0 Å². The molecule has 1 aliphatic heterocycles. The molecule has 9 nitrogen and oxygen atoms in total. The number of rotatable bonds is 8. The lowest BCUT2D eigenvalue weighted by atomic mass is 9.82. The molecule has 0 spiro atoms. The fourth-order valence-electron chi connectivity index (χ4n) is 5.96. The summed E-state index contributed by atoms with van der Waals surface area (Å²) in [5.41, 5.74) is 1.59. The highest BCUT2D eigenvalue weighted by Crippen LogP contribution is 2.34. The number of hydrogen-bond acceptors (Lipinski definition) is 8. The molecule has 44 heavy (non-hydrogen) atoms. The van der Waals surface area contributed by atoms with Crippen molar-refractivity contribution in [2.75, 3.05) is 29.0 Å². The van der Waals surface area contributed by atoms with E-state index in [0.717, 1.165) is 48.2 Å². The molecule has 1 unspecified atom stereocenters. The van der Waals surface area contributed by atoms with E-state index in [1.165, 1.54) is 0 Å². The number of ether oxygens (including phenoxy) is 1. The molecule has 5 N–H and O–H groups in total. The molecule has 2 aromatic carbocycles. The third-order valence-corrected chi connectivity index (χ3v) is 9.22. The van der Waals surface area contributed by atoms with Crippen LogP contribution in [0.5, 0.6) is 0 Å². The fourth-order valence-corrected chi connectivity index (χ4v) is 6.69. The first-order valence-corrected chi connectivity index (χ1v) is 16.4. The maximum atomic E-state index is 13.3. The zero-order valence-electron chi connectivity index (χ0n) is 25.8. The van der Waals surface area contributed by atoms with Crippen molar-refractivity contribution in [3.8, 4) is 10.4 Å². The predicted molar refractivity (Wildman–Crippen MR) is 176 cm³/mol. The van der Waals surface area contributed by atoms with Crippen molar-refractivity contribution in [3.05, 3.63) is 65.5 Å². The van der Waals surface area contributed by atoms with Gasteiger partial charge in [-0.25, -0.2) is 4.79 Å². The molecule has 2 heterocycles. The van der Waals surface area contributed by atoms with Crippen molar-refractivity contribution < 1.29 is 24.5 Å². The molecule has 1 aromatic heterocycles. The molecule has 2 amide bonds. The number of nitrogens with zero attached hydrogens (tertiary/aromatic N) is 1. The van der Waals surface area contributed by atoms with Crippen LogP contribution in [0.3, 0.4) is 0 Å². The van der Waals surface area contributed by atoms with E-state index in [1.807, 2.05) is 46.7 Å². The number of aliphatic hydroxyl groups is 2. The average Bonchev–Trinajstić information content (AvgIpc) is 3.53. The Morgan fingerprint density at radius 2 is 1.68 bits per heavy atom. The van der Waals surface area contributed by atoms with Gasteiger partial charge >= 0.3 is 6.09 Å². The largest absolute Gasteiger partial charge is 0.444 e. The molecule has 5 rings (SSSR count). The Kier molecular flexibility index (Phi) is 9.94. The van der Waals surface area contributed by atoms with E-state index in [4.69, 9.17) is 4.74 Å². The van der Waals surface area contributed by atoms with Crippen molar-refractivity contribution in [1.82, 2.24) is 4.90 Å². The van der Waals surface area contributed by atoms with Gasteiger partial charge < -0.3 is 25.6 Å². The quantitative estimate of drug-likeness (QED) is 0.186. The van der Waals surface area contributed by atoms with Gasteiger partial charge in [-0.2, -0.15) is 0 Å². The minimum Gasteiger partial charge on any atom is -0.444 e. The monoisotopic (exact) mass is 620 g/mol. The topological polar surface area (TPSA) is 123 Å². The summed E-state index contributed by atoms with van der Waals surface area (Å²) in [5.74, 6) is -0.296. The van der Waals surface area contributed by atoms with Crippen LogP contribution in [-0.2, 0) is 4.74 Å². The van der Waals surface area contributed by atoms with Crippen molar-refractivity contribution in [1.29, 1.82) is 0 Å². The molecule has 3 aromatic rings. The summed E-state index contributed by atoms with van der Waals surface area (Å²) < 4.78 is 5.42. The SMILES string of the molecule is CC(C)(C)OC(=O)Nc1ccc(-c2cccs2)cc1NC(=O)c1ccc(NC2CCN(C(O)C3(O)CCCCC3)CC2)cc1. The second-order valence-electron chi connectivity index (χ2n) is 12.9. The number of thiophene rings is 1. The van der Waals surface area contributed by atoms with Gasteiger partial charge in [-0.05, 0) is 99.9 Å². The Hall–Kier alpha value is -3.44. The first-order valence-electron chi connectivity index (χ1n) is 15.5. The predicted octanol–water partition coefficient (Wildman–Crippen LogP) is 6.90. The third-order valence-electron chi connectivity index (χ3n) is 8.30. The van der Waals surface area contributed by atoms with Crippen LogP contribution in [0.25, 0.3) is 10.4 Å². The molecule has 1 saturated heterocycles. The minimum absolute atomic E-state index is 0.237. The van der Waals surface area contributed by atoms with Gasteiger partial charge in [-0.1, -0.05) is 31.4 Å². The number of benzene rings is 2. The van der Waals surface area contributed by atoms with Gasteiger partial charge in [-0.3, -0.25) is 15.0 Å². The summed E-state index contributed by atoms with van der Waals surface area (Å²) in [6.45, 7) is 6.82. The highest BCUT2D eigenvalue weighted by molar-refractivity contribution is 7.13. The number of anilines is 3. The summed E-state index contributed by atoms with van der Waals surface area (Å²) in [7, 11) is 0. The Bertz CT molecular complexity index is 1410. The van der Waals surface area contributed by atoms with E-state index in [2.05, 4.69) is 16.0 Å². The average molecular weight is 621 g/mol. The molecule has 0 radical (unpaired) electrons. The summed E-state index contributed by atoms with van der Waals surface area (Å²) in [6, 6.07) is 17.1. The van der Waals surface area contributed by atoms with Crippen LogP contribution in [0.1, 0.15) is 76.1 Å². The van der Waals surface area contributed by atoms with E-state index < -0.39 is 23.5 Å². The summed E-state index contributed by atoms with van der Waals surface area (Å²) in [6.07, 6.45) is 4.66. The van der Waals surface area contributed by atoms with Crippen LogP contribution in [0.4, 0.5) is 21.9 Å². The smallest absolute Gasteiger partial charge is 0.412 e. The highest BCUT2D eigenvalue weighted by atomic mass is 32.1. The molecule has 1 saturated carbocycles. The summed E-state index contributed by atoms with van der Waals surface area (Å²) in [5, 5.41) is 33.1. The number of hydrogen-bond donors (Lipinski definition) is 5. The Morgan fingerprint density at radius 3 is 2.32 bits per heavy atom. The van der Waals surface area contributed by atoms with E-state index in [0.29, 0.717) is 42.9 Å². The molecule has 1 aliphatic carbocycles. The zero-order chi connectivity index (χ0) is 31.3. The lowest BCUT2D eigenvalue weighted by Crippen LogP contribution is -2.56. The molecule has 2 aliphatic rings. The highest BCUT2D eigenvalue weighted by Gasteiger charge is 2.41. The first-order chi connectivity index (χ1) is 21.0. The van der Waals surface area contributed by atoms with Crippen molar-refractivity contribution in [2.45, 2.75) is 89.2 Å². The standard InChI is InChI=1S/C34H44N4O5S/c1-33(2,3)43-32(41)37-27-14-11-24(29-8-7-21-44-29)22-28(27)36-30(39)23-9-12-25(13-10-23)35-26-15-19-38(20-16-26)31(40)34(42)17-5-4-6-18-34/h7-14,21-22,26,31,35,40,42H,4-6,15-20H2,1-3H3,(H,36,39)(H,37,41). The maximum absolute atomic E-state index is 13.3. The van der Waals surface area contributed by atoms with Gasteiger partial charge in [-0.15, -0.1) is 11.3 Å². The van der Waals surface area contributed by atoms with E-state index >= 15 is 0 Å². The summed E-state index contributed by atoms with van der Waals surface area (Å²) >= 11 is 1.59. The Balaban J connectivity index is 1.20. The molecule has 0 bridgehead atoms. The van der Waals surface area contributed by atoms with Gasteiger partial charge in [0, 0.05) is 35.3 Å². The van der Waals surface area contributed by atoms with Crippen molar-refractivity contribution in [2.24, 2.45) is 0 Å². The second kappa shape index (κ2) is 13.7. The van der Waals surface area contributed by atoms with Crippen molar-refractivity contribution >= 4 is 40.4 Å². The molecular formula is C34H44N4O5S. The lowest BCUT2D eigenvalue weighted by molar-refractivity contribution is -0.168. The van der Waals surface area contributed by atoms with E-state index in [1.54, 1.807) is 50.3 Å². The van der Waals surface area contributed by atoms with Gasteiger partial charge in [0.25, 0.3) is 5.91 Å². The number of likely N-dealkylation sites (tertiary alicyclic amines) is 1. The van der Waals surface area contributed by atoms with E-state index in [-0.39, 0.29) is 11.9 Å². The number of aliphatic hydroxyl groups excluding tert-OH is 1. The third kappa shape index (κ3) is 8.18. The van der Waals surface area contributed by atoms with Crippen LogP contribution in [0.2, 0.25) is 0 Å². The van der Waals surface area contributed by atoms with Gasteiger partial charge in [0.1, 0.15) is 17.4 Å². The number of nitrogens with one attached hydrogen (secondary N) is 3. The Labute approximate surface area is 263 Å². The van der Waals surface area contributed by atoms with Crippen LogP contribution in [-0.4, -0.2) is 63.7 Å². The van der Waals surface area contributed by atoms with Gasteiger partial charge in [0.05, 0.1) is 11.4 Å². The molecular weight excluding hydrogens is 576 g/mol. The maximum Gasteiger partial charge on any atom is 0.412 e. The molecule has 236 valence electrons. The molecule has 2 fully saturated rings. The fraction of sp³-hybridized carbons (Fsp3) is 0.471. The van der Waals surface area contributed by atoms with Gasteiger partial charge in [0.2, 0.25) is 0 Å². The Morgan fingerprint density at radius 1 is 0.977 bits per heavy atom. The number of carbonyl (C=O) groups excluding carboxylic acids is 2. The zero-order valence-corrected chi connectivity index (χ0v) is 26.6. The van der Waals surface area contributed by atoms with Crippen molar-refractivity contribution in [3.63, 3.8) is 0 Å². The number of amides is 2. The second-order valence-corrected chi connectivity index (χ2v) is 13.8. The normalized spacial score (nSPS) is 18.3. The van der Waals surface area contributed by atoms with Crippen LogP contribution >= 0.6 is 11.3 Å². The molecule has 10 heteroatoms. The first kappa shape index (κ1) is 32.0. The van der Waals surface area contributed by atoms with E-state index in [9.17, 15) is 19.8 Å². The number of piperidine rings is 1.